The van der Waals surface area contributed by atoms with Gasteiger partial charge in [-0.1, -0.05) is 52.3 Å². The lowest BCUT2D eigenvalue weighted by atomic mass is 9.98. The third kappa shape index (κ3) is 2.26. The summed E-state index contributed by atoms with van der Waals surface area (Å²) in [4.78, 5) is 4.48. The molecule has 0 saturated heterocycles. The Bertz CT molecular complexity index is 722. The van der Waals surface area contributed by atoms with Crippen LogP contribution in [0.4, 0.5) is 4.39 Å². The van der Waals surface area contributed by atoms with Crippen molar-refractivity contribution < 1.29 is 4.39 Å². The number of benzene rings is 2. The molecule has 0 atom stereocenters. The number of nitrogens with zero attached hydrogens (tertiary/aromatic N) is 1. The number of aromatic nitrogens is 1. The summed E-state index contributed by atoms with van der Waals surface area (Å²) in [7, 11) is 0. The van der Waals surface area contributed by atoms with Crippen LogP contribution in [0.2, 0.25) is 0 Å². The zero-order valence-corrected chi connectivity index (χ0v) is 11.7. The van der Waals surface area contributed by atoms with Gasteiger partial charge in [-0.2, -0.15) is 0 Å². The predicted octanol–water partition coefficient (Wildman–Crippen LogP) is 4.94. The van der Waals surface area contributed by atoms with Crippen LogP contribution in [0, 0.1) is 5.82 Å². The molecule has 0 aliphatic heterocycles. The molecule has 0 radical (unpaired) electrons. The van der Waals surface area contributed by atoms with Gasteiger partial charge < -0.3 is 0 Å². The highest BCUT2D eigenvalue weighted by Gasteiger charge is 2.10. The molecule has 1 aromatic heterocycles. The summed E-state index contributed by atoms with van der Waals surface area (Å²) in [6, 6.07) is 14.7. The third-order valence-corrected chi connectivity index (χ3v) is 3.67. The van der Waals surface area contributed by atoms with E-state index in [1.807, 2.05) is 24.4 Å². The Morgan fingerprint density at radius 3 is 2.47 bits per heavy atom. The fraction of sp³-hybridized carbons (Fsp3) is 0.0625. The van der Waals surface area contributed by atoms with Crippen LogP contribution in [0.1, 0.15) is 5.69 Å². The molecule has 3 heteroatoms. The maximum Gasteiger partial charge on any atom is 0.123 e. The summed E-state index contributed by atoms with van der Waals surface area (Å²) in [6.07, 6.45) is 1.87. The Hall–Kier alpha value is -1.74. The summed E-state index contributed by atoms with van der Waals surface area (Å²) in [5.41, 5.74) is 3.01. The molecule has 0 saturated carbocycles. The van der Waals surface area contributed by atoms with Crippen molar-refractivity contribution in [1.29, 1.82) is 0 Å². The molecule has 0 amide bonds. The summed E-state index contributed by atoms with van der Waals surface area (Å²) in [5.74, 6) is -0.225. The van der Waals surface area contributed by atoms with Gasteiger partial charge in [0.05, 0.1) is 5.69 Å². The molecule has 1 nitrogen and oxygen atoms in total. The second-order valence-electron chi connectivity index (χ2n) is 4.31. The van der Waals surface area contributed by atoms with Crippen LogP contribution in [-0.4, -0.2) is 4.98 Å². The molecule has 94 valence electrons. The zero-order valence-electron chi connectivity index (χ0n) is 10.1. The van der Waals surface area contributed by atoms with Gasteiger partial charge in [-0.3, -0.25) is 4.98 Å². The van der Waals surface area contributed by atoms with Crippen molar-refractivity contribution in [2.45, 2.75) is 5.33 Å². The minimum absolute atomic E-state index is 0.225. The number of fused-ring (bicyclic) bond motifs is 1. The number of alkyl halides is 1. The summed E-state index contributed by atoms with van der Waals surface area (Å²) in [5, 5.41) is 2.90. The molecule has 0 aliphatic rings. The van der Waals surface area contributed by atoms with Gasteiger partial charge in [0.1, 0.15) is 5.82 Å². The van der Waals surface area contributed by atoms with Gasteiger partial charge in [-0.05, 0) is 23.1 Å². The Balaban J connectivity index is 2.33. The fourth-order valence-electron chi connectivity index (χ4n) is 2.24. The smallest absolute Gasteiger partial charge is 0.123 e. The topological polar surface area (TPSA) is 12.9 Å². The molecule has 2 aromatic carbocycles. The van der Waals surface area contributed by atoms with Gasteiger partial charge in [0.25, 0.3) is 0 Å². The first-order valence-corrected chi connectivity index (χ1v) is 7.10. The van der Waals surface area contributed by atoms with E-state index in [2.05, 4.69) is 27.0 Å². The molecule has 0 N–H and O–H groups in total. The highest BCUT2D eigenvalue weighted by Crippen LogP contribution is 2.31. The van der Waals surface area contributed by atoms with Crippen LogP contribution < -0.4 is 0 Å². The molecular weight excluding hydrogens is 305 g/mol. The standard InChI is InChI=1S/C16H11BrFN/c17-9-15-16(11-5-7-13(18)8-6-11)14-4-2-1-3-12(14)10-19-15/h1-8,10H,9H2. The lowest BCUT2D eigenvalue weighted by Gasteiger charge is -2.11. The Kier molecular flexibility index (Phi) is 3.30. The maximum atomic E-state index is 13.1. The SMILES string of the molecule is Fc1ccc(-c2c(CBr)ncc3ccccc23)cc1. The Morgan fingerprint density at radius 2 is 1.74 bits per heavy atom. The van der Waals surface area contributed by atoms with Gasteiger partial charge in [0.2, 0.25) is 0 Å². The molecule has 0 spiro atoms. The van der Waals surface area contributed by atoms with E-state index < -0.39 is 0 Å². The van der Waals surface area contributed by atoms with Crippen LogP contribution in [0.25, 0.3) is 21.9 Å². The summed E-state index contributed by atoms with van der Waals surface area (Å²) < 4.78 is 13.1. The first-order chi connectivity index (χ1) is 9.29. The monoisotopic (exact) mass is 315 g/mol. The van der Waals surface area contributed by atoms with Crippen LogP contribution in [0.15, 0.2) is 54.7 Å². The van der Waals surface area contributed by atoms with Crippen molar-refractivity contribution in [3.63, 3.8) is 0 Å². The Morgan fingerprint density at radius 1 is 1.00 bits per heavy atom. The van der Waals surface area contributed by atoms with Crippen molar-refractivity contribution >= 4 is 26.7 Å². The van der Waals surface area contributed by atoms with Crippen molar-refractivity contribution in [2.75, 3.05) is 0 Å². The average molecular weight is 316 g/mol. The quantitative estimate of drug-likeness (QED) is 0.611. The average Bonchev–Trinajstić information content (AvgIpc) is 2.47. The Labute approximate surface area is 119 Å². The number of pyridine rings is 1. The zero-order chi connectivity index (χ0) is 13.2. The van der Waals surface area contributed by atoms with Crippen molar-refractivity contribution in [1.82, 2.24) is 4.98 Å². The van der Waals surface area contributed by atoms with E-state index in [-0.39, 0.29) is 5.82 Å². The van der Waals surface area contributed by atoms with Gasteiger partial charge in [0.15, 0.2) is 0 Å². The highest BCUT2D eigenvalue weighted by atomic mass is 79.9. The van der Waals surface area contributed by atoms with E-state index in [1.165, 1.54) is 12.1 Å². The van der Waals surface area contributed by atoms with E-state index in [1.54, 1.807) is 12.1 Å². The van der Waals surface area contributed by atoms with Crippen LogP contribution in [0.5, 0.6) is 0 Å². The predicted molar refractivity (Wildman–Crippen MR) is 79.8 cm³/mol. The molecule has 1 heterocycles. The third-order valence-electron chi connectivity index (χ3n) is 3.14. The van der Waals surface area contributed by atoms with E-state index in [9.17, 15) is 4.39 Å². The van der Waals surface area contributed by atoms with Crippen LogP contribution in [-0.2, 0) is 5.33 Å². The van der Waals surface area contributed by atoms with Crippen LogP contribution >= 0.6 is 15.9 Å². The largest absolute Gasteiger partial charge is 0.259 e. The first-order valence-electron chi connectivity index (χ1n) is 5.98. The number of halogens is 2. The molecule has 0 fully saturated rings. The maximum absolute atomic E-state index is 13.1. The summed E-state index contributed by atoms with van der Waals surface area (Å²) >= 11 is 3.47. The second kappa shape index (κ2) is 5.10. The molecule has 0 aliphatic carbocycles. The molecule has 0 bridgehead atoms. The minimum atomic E-state index is -0.225. The van der Waals surface area contributed by atoms with Gasteiger partial charge in [-0.25, -0.2) is 4.39 Å². The van der Waals surface area contributed by atoms with E-state index >= 15 is 0 Å². The van der Waals surface area contributed by atoms with Gasteiger partial charge >= 0.3 is 0 Å². The van der Waals surface area contributed by atoms with Gasteiger partial charge in [0, 0.05) is 22.5 Å². The highest BCUT2D eigenvalue weighted by molar-refractivity contribution is 9.08. The lowest BCUT2D eigenvalue weighted by Crippen LogP contribution is -1.93. The minimum Gasteiger partial charge on any atom is -0.259 e. The molecule has 3 aromatic rings. The normalized spacial score (nSPS) is 10.8. The molecule has 3 rings (SSSR count). The first kappa shape index (κ1) is 12.3. The van der Waals surface area contributed by atoms with Crippen molar-refractivity contribution in [3.05, 3.63) is 66.2 Å². The van der Waals surface area contributed by atoms with E-state index in [4.69, 9.17) is 0 Å². The van der Waals surface area contributed by atoms with Crippen molar-refractivity contribution in [3.8, 4) is 11.1 Å². The lowest BCUT2D eigenvalue weighted by molar-refractivity contribution is 0.628. The number of rotatable bonds is 2. The number of hydrogen-bond donors (Lipinski definition) is 0. The molecular formula is C16H11BrFN. The number of hydrogen-bond acceptors (Lipinski definition) is 1. The molecule has 0 unspecified atom stereocenters. The van der Waals surface area contributed by atoms with Crippen LogP contribution in [0.3, 0.4) is 0 Å². The fourth-order valence-corrected chi connectivity index (χ4v) is 2.67. The van der Waals surface area contributed by atoms with E-state index in [0.29, 0.717) is 5.33 Å². The summed E-state index contributed by atoms with van der Waals surface area (Å²) in [6.45, 7) is 0. The van der Waals surface area contributed by atoms with Gasteiger partial charge in [-0.15, -0.1) is 0 Å². The van der Waals surface area contributed by atoms with E-state index in [0.717, 1.165) is 27.6 Å². The molecule has 19 heavy (non-hydrogen) atoms. The van der Waals surface area contributed by atoms with Crippen molar-refractivity contribution in [2.24, 2.45) is 0 Å². The second-order valence-corrected chi connectivity index (χ2v) is 4.87.